The molecule has 0 bridgehead atoms. The summed E-state index contributed by atoms with van der Waals surface area (Å²) in [4.78, 5) is 14.9. The average molecular weight is 228 g/mol. The Morgan fingerprint density at radius 3 is 1.18 bits per heavy atom. The molecule has 11 heavy (non-hydrogen) atoms. The normalized spacial score (nSPS) is 8.09. The zero-order valence-electron chi connectivity index (χ0n) is 11.1. The van der Waals surface area contributed by atoms with E-state index in [0.717, 1.165) is 0 Å². The van der Waals surface area contributed by atoms with Crippen molar-refractivity contribution in [3.63, 3.8) is 0 Å². The SMILES string of the molecule is O=P(O)(O)C(F)F.[H-].[H-].[H-].[H-].[Na+].[Na+].[Na+].[Na+]. The van der Waals surface area contributed by atoms with Crippen molar-refractivity contribution in [2.75, 3.05) is 0 Å². The molecule has 0 fully saturated rings. The van der Waals surface area contributed by atoms with Crippen LogP contribution in [0.3, 0.4) is 0 Å². The molecule has 0 amide bonds. The molecule has 0 saturated heterocycles. The summed E-state index contributed by atoms with van der Waals surface area (Å²) in [5.74, 6) is 0. The third-order valence-electron chi connectivity index (χ3n) is 0.254. The molecule has 0 rings (SSSR count). The van der Waals surface area contributed by atoms with Crippen LogP contribution in [0.5, 0.6) is 0 Å². The first-order valence-electron chi connectivity index (χ1n) is 1.28. The molecule has 0 aliphatic carbocycles. The zero-order chi connectivity index (χ0) is 6.08. The molecule has 2 N–H and O–H groups in total. The summed E-state index contributed by atoms with van der Waals surface area (Å²) in [5.41, 5.74) is 0. The quantitative estimate of drug-likeness (QED) is 0.346. The molecule has 0 aromatic carbocycles. The van der Waals surface area contributed by atoms with E-state index in [1.54, 1.807) is 0 Å². The van der Waals surface area contributed by atoms with Gasteiger partial charge in [0.1, 0.15) is 0 Å². The van der Waals surface area contributed by atoms with E-state index in [4.69, 9.17) is 9.79 Å². The number of alkyl halides is 2. The predicted octanol–water partition coefficient (Wildman–Crippen LogP) is -11.1. The van der Waals surface area contributed by atoms with E-state index in [2.05, 4.69) is 0 Å². The van der Waals surface area contributed by atoms with Crippen LogP contribution in [0.15, 0.2) is 0 Å². The summed E-state index contributed by atoms with van der Waals surface area (Å²) in [5, 5.41) is 0. The second-order valence-corrected chi connectivity index (χ2v) is 2.44. The molecule has 0 atom stereocenters. The van der Waals surface area contributed by atoms with E-state index >= 15 is 0 Å². The van der Waals surface area contributed by atoms with Gasteiger partial charge in [0, 0.05) is 0 Å². The Morgan fingerprint density at radius 2 is 1.18 bits per heavy atom. The minimum Gasteiger partial charge on any atom is -1.00 e. The van der Waals surface area contributed by atoms with Gasteiger partial charge in [-0.25, -0.2) is 0 Å². The van der Waals surface area contributed by atoms with Crippen molar-refractivity contribution >= 4 is 7.60 Å². The Bertz CT molecular complexity index is 118. The molecule has 0 aromatic heterocycles. The van der Waals surface area contributed by atoms with Crippen molar-refractivity contribution in [1.29, 1.82) is 0 Å². The first-order valence-corrected chi connectivity index (χ1v) is 2.96. The maximum Gasteiger partial charge on any atom is 1.00 e. The fraction of sp³-hybridized carbons (Fsp3) is 1.00. The van der Waals surface area contributed by atoms with Gasteiger partial charge in [0.2, 0.25) is 0 Å². The van der Waals surface area contributed by atoms with Gasteiger partial charge < -0.3 is 15.5 Å². The van der Waals surface area contributed by atoms with Crippen LogP contribution in [0.2, 0.25) is 0 Å². The van der Waals surface area contributed by atoms with Crippen LogP contribution >= 0.6 is 7.60 Å². The molecule has 0 unspecified atom stereocenters. The second-order valence-electron chi connectivity index (χ2n) is 0.867. The number of rotatable bonds is 1. The molecule has 52 valence electrons. The third-order valence-corrected chi connectivity index (χ3v) is 0.763. The second kappa shape index (κ2) is 14.0. The zero-order valence-corrected chi connectivity index (χ0v) is 16.0. The van der Waals surface area contributed by atoms with Gasteiger partial charge in [-0.05, 0) is 0 Å². The van der Waals surface area contributed by atoms with Crippen LogP contribution in [0, 0.1) is 0 Å². The van der Waals surface area contributed by atoms with E-state index < -0.39 is 13.8 Å². The molecule has 0 radical (unpaired) electrons. The van der Waals surface area contributed by atoms with Gasteiger partial charge >= 0.3 is 132 Å². The van der Waals surface area contributed by atoms with Crippen molar-refractivity contribution in [3.8, 4) is 0 Å². The summed E-state index contributed by atoms with van der Waals surface area (Å²) >= 11 is 0. The molecule has 0 heterocycles. The van der Waals surface area contributed by atoms with Crippen LogP contribution in [0.4, 0.5) is 8.78 Å². The average Bonchev–Trinajstić information content (AvgIpc) is 1.31. The van der Waals surface area contributed by atoms with Gasteiger partial charge in [0.25, 0.3) is 0 Å². The van der Waals surface area contributed by atoms with Crippen molar-refractivity contribution in [1.82, 2.24) is 0 Å². The van der Waals surface area contributed by atoms with E-state index in [1.807, 2.05) is 0 Å². The molecule has 0 aromatic rings. The van der Waals surface area contributed by atoms with Gasteiger partial charge in [0.15, 0.2) is 0 Å². The van der Waals surface area contributed by atoms with Crippen molar-refractivity contribution < 1.29 is 147 Å². The van der Waals surface area contributed by atoms with Gasteiger partial charge in [0.05, 0.1) is 0 Å². The minimum absolute atomic E-state index is 0. The summed E-state index contributed by atoms with van der Waals surface area (Å²) < 4.78 is 30.8. The molecule has 3 nitrogen and oxygen atoms in total. The summed E-state index contributed by atoms with van der Waals surface area (Å²) in [6, 6.07) is 0. The Hall–Kier alpha value is 4.01. The summed E-state index contributed by atoms with van der Waals surface area (Å²) in [7, 11) is -5.07. The third kappa shape index (κ3) is 20.2. The molecule has 0 spiro atoms. The Kier molecular flexibility index (Phi) is 37.4. The number of hydrogen-bond donors (Lipinski definition) is 2. The first kappa shape index (κ1) is 29.4. The maximum atomic E-state index is 10.8. The van der Waals surface area contributed by atoms with Crippen LogP contribution in [-0.2, 0) is 4.57 Å². The van der Waals surface area contributed by atoms with Crippen LogP contribution in [-0.4, -0.2) is 16.0 Å². The molecular formula is CH7F2Na4O3P. The van der Waals surface area contributed by atoms with E-state index in [-0.39, 0.29) is 124 Å². The fourth-order valence-corrected chi connectivity index (χ4v) is 0. The number of halogens is 2. The van der Waals surface area contributed by atoms with E-state index in [1.165, 1.54) is 0 Å². The standard InChI is InChI=1S/CH3F2O3P.4Na.4H/c2-1(3)7(4,5)6;;;;;;;;/h1H,(H2,4,5,6);;;;;;;;/q;4*+1;4*-1. The largest absolute Gasteiger partial charge is 1.00 e. The van der Waals surface area contributed by atoms with Gasteiger partial charge in [-0.3, -0.25) is 4.57 Å². The smallest absolute Gasteiger partial charge is 1.00 e. The maximum absolute atomic E-state index is 10.8. The van der Waals surface area contributed by atoms with Gasteiger partial charge in [-0.1, -0.05) is 0 Å². The first-order chi connectivity index (χ1) is 2.94. The minimum atomic E-state index is -5.07. The molecule has 0 aliphatic heterocycles. The van der Waals surface area contributed by atoms with Crippen molar-refractivity contribution in [3.05, 3.63) is 0 Å². The molecule has 0 aliphatic rings. The van der Waals surface area contributed by atoms with Crippen LogP contribution < -0.4 is 118 Å². The Morgan fingerprint density at radius 1 is 1.09 bits per heavy atom. The van der Waals surface area contributed by atoms with Gasteiger partial charge in [-0.15, -0.1) is 0 Å². The summed E-state index contributed by atoms with van der Waals surface area (Å²) in [6.07, 6.45) is -3.53. The molecule has 0 saturated carbocycles. The monoisotopic (exact) mass is 228 g/mol. The molecular weight excluding hydrogens is 221 g/mol. The topological polar surface area (TPSA) is 57.5 Å². The molecule has 10 heteroatoms. The van der Waals surface area contributed by atoms with E-state index in [9.17, 15) is 13.3 Å². The van der Waals surface area contributed by atoms with Crippen molar-refractivity contribution in [2.24, 2.45) is 0 Å². The fourth-order valence-electron chi connectivity index (χ4n) is 0. The predicted molar refractivity (Wildman–Crippen MR) is 22.5 cm³/mol. The summed E-state index contributed by atoms with van der Waals surface area (Å²) in [6.45, 7) is 0. The van der Waals surface area contributed by atoms with Crippen molar-refractivity contribution in [2.45, 2.75) is 6.17 Å². The van der Waals surface area contributed by atoms with Gasteiger partial charge in [-0.2, -0.15) is 8.78 Å². The van der Waals surface area contributed by atoms with Crippen LogP contribution in [0.1, 0.15) is 5.71 Å². The Labute approximate surface area is 158 Å². The number of hydrogen-bond acceptors (Lipinski definition) is 1. The Balaban J connectivity index is -0.00000000643. The van der Waals surface area contributed by atoms with Crippen LogP contribution in [0.25, 0.3) is 0 Å². The van der Waals surface area contributed by atoms with E-state index in [0.29, 0.717) is 0 Å².